The normalized spacial score (nSPS) is 17.2. The third-order valence-electron chi connectivity index (χ3n) is 3.32. The molecule has 0 amide bonds. The van der Waals surface area contributed by atoms with Crippen molar-refractivity contribution in [2.75, 3.05) is 19.6 Å². The lowest BCUT2D eigenvalue weighted by Crippen LogP contribution is -2.42. The first-order valence-electron chi connectivity index (χ1n) is 7.35. The summed E-state index contributed by atoms with van der Waals surface area (Å²) in [5.41, 5.74) is 0. The Balaban J connectivity index is 1.97. The van der Waals surface area contributed by atoms with Crippen LogP contribution in [0.5, 0.6) is 0 Å². The molecule has 0 aromatic carbocycles. The highest BCUT2D eigenvalue weighted by atomic mass is 15.2. The number of hydrogen-bond donors (Lipinski definition) is 2. The third-order valence-corrected chi connectivity index (χ3v) is 3.32. The molecule has 3 nitrogen and oxygen atoms in total. The minimum absolute atomic E-state index is 0.753. The monoisotopic (exact) mass is 239 g/mol. The number of guanidine groups is 1. The van der Waals surface area contributed by atoms with Gasteiger partial charge in [0, 0.05) is 19.6 Å². The van der Waals surface area contributed by atoms with Gasteiger partial charge in [0.05, 0.1) is 0 Å². The topological polar surface area (TPSA) is 36.4 Å². The van der Waals surface area contributed by atoms with E-state index in [4.69, 9.17) is 0 Å². The molecule has 1 rings (SSSR count). The van der Waals surface area contributed by atoms with E-state index in [1.54, 1.807) is 0 Å². The minimum atomic E-state index is 0.753. The maximum absolute atomic E-state index is 4.42. The van der Waals surface area contributed by atoms with Crippen molar-refractivity contribution >= 4 is 5.96 Å². The first-order chi connectivity index (χ1) is 8.33. The SMILES string of the molecule is CCCCCCCC(C)CNC1=NCCCN1. The lowest BCUT2D eigenvalue weighted by atomic mass is 10.0. The highest BCUT2D eigenvalue weighted by Gasteiger charge is 2.06. The van der Waals surface area contributed by atoms with Gasteiger partial charge in [-0.1, -0.05) is 46.0 Å². The lowest BCUT2D eigenvalue weighted by molar-refractivity contribution is 0.475. The van der Waals surface area contributed by atoms with E-state index in [1.807, 2.05) is 0 Å². The molecule has 1 heterocycles. The van der Waals surface area contributed by atoms with E-state index in [0.29, 0.717) is 0 Å². The van der Waals surface area contributed by atoms with Crippen molar-refractivity contribution in [3.8, 4) is 0 Å². The van der Waals surface area contributed by atoms with E-state index in [-0.39, 0.29) is 0 Å². The molecule has 17 heavy (non-hydrogen) atoms. The maximum atomic E-state index is 4.42. The van der Waals surface area contributed by atoms with Crippen molar-refractivity contribution in [1.82, 2.24) is 10.6 Å². The predicted molar refractivity (Wildman–Crippen MR) is 75.5 cm³/mol. The molecule has 0 saturated carbocycles. The molecule has 0 spiro atoms. The molecule has 0 radical (unpaired) electrons. The van der Waals surface area contributed by atoms with E-state index >= 15 is 0 Å². The lowest BCUT2D eigenvalue weighted by Gasteiger charge is -2.18. The zero-order valence-electron chi connectivity index (χ0n) is 11.6. The molecule has 0 bridgehead atoms. The molecule has 0 fully saturated rings. The third kappa shape index (κ3) is 7.24. The molecule has 1 aliphatic heterocycles. The van der Waals surface area contributed by atoms with Crippen molar-refractivity contribution in [2.45, 2.75) is 58.8 Å². The zero-order valence-corrected chi connectivity index (χ0v) is 11.6. The van der Waals surface area contributed by atoms with Crippen molar-refractivity contribution in [2.24, 2.45) is 10.9 Å². The number of hydrogen-bond acceptors (Lipinski definition) is 3. The van der Waals surface area contributed by atoms with Gasteiger partial charge in [0.15, 0.2) is 5.96 Å². The standard InChI is InChI=1S/C14H29N3/c1-3-4-5-6-7-9-13(2)12-17-14-15-10-8-11-16-14/h13H,3-12H2,1-2H3,(H2,15,16,17). The van der Waals surface area contributed by atoms with E-state index in [2.05, 4.69) is 29.5 Å². The molecule has 0 aromatic heterocycles. The van der Waals surface area contributed by atoms with Gasteiger partial charge in [-0.15, -0.1) is 0 Å². The summed E-state index contributed by atoms with van der Waals surface area (Å²) < 4.78 is 0. The van der Waals surface area contributed by atoms with E-state index in [0.717, 1.165) is 37.9 Å². The van der Waals surface area contributed by atoms with Gasteiger partial charge < -0.3 is 10.6 Å². The summed E-state index contributed by atoms with van der Waals surface area (Å²) in [4.78, 5) is 4.42. The summed E-state index contributed by atoms with van der Waals surface area (Å²) in [7, 11) is 0. The summed E-state index contributed by atoms with van der Waals surface area (Å²) in [6.45, 7) is 7.69. The first kappa shape index (κ1) is 14.3. The molecular weight excluding hydrogens is 210 g/mol. The van der Waals surface area contributed by atoms with Crippen molar-refractivity contribution < 1.29 is 0 Å². The molecule has 0 aliphatic carbocycles. The molecule has 1 atom stereocenters. The Morgan fingerprint density at radius 3 is 2.82 bits per heavy atom. The molecule has 0 saturated heterocycles. The van der Waals surface area contributed by atoms with E-state index < -0.39 is 0 Å². The number of rotatable bonds is 8. The smallest absolute Gasteiger partial charge is 0.191 e. The molecule has 1 unspecified atom stereocenters. The summed E-state index contributed by atoms with van der Waals surface area (Å²) >= 11 is 0. The predicted octanol–water partition coefficient (Wildman–Crippen LogP) is 2.92. The Hall–Kier alpha value is -0.730. The number of unbranched alkanes of at least 4 members (excludes halogenated alkanes) is 4. The minimum Gasteiger partial charge on any atom is -0.356 e. The van der Waals surface area contributed by atoms with Crippen LogP contribution in [0.25, 0.3) is 0 Å². The van der Waals surface area contributed by atoms with Gasteiger partial charge in [-0.3, -0.25) is 4.99 Å². The largest absolute Gasteiger partial charge is 0.356 e. The molecule has 0 aromatic rings. The summed E-state index contributed by atoms with van der Waals surface area (Å²) in [6, 6.07) is 0. The fourth-order valence-corrected chi connectivity index (χ4v) is 2.12. The zero-order chi connectivity index (χ0) is 12.3. The molecule has 1 aliphatic rings. The Morgan fingerprint density at radius 1 is 1.29 bits per heavy atom. The second kappa shape index (κ2) is 9.32. The summed E-state index contributed by atoms with van der Waals surface area (Å²) in [5.74, 6) is 1.76. The maximum Gasteiger partial charge on any atom is 0.191 e. The highest BCUT2D eigenvalue weighted by molar-refractivity contribution is 5.80. The number of nitrogens with zero attached hydrogens (tertiary/aromatic N) is 1. The Kier molecular flexibility index (Phi) is 7.85. The first-order valence-corrected chi connectivity index (χ1v) is 7.35. The van der Waals surface area contributed by atoms with Crippen molar-refractivity contribution in [3.05, 3.63) is 0 Å². The summed E-state index contributed by atoms with van der Waals surface area (Å²) in [5, 5.41) is 6.71. The number of nitrogens with one attached hydrogen (secondary N) is 2. The molecule has 2 N–H and O–H groups in total. The van der Waals surface area contributed by atoms with Gasteiger partial charge in [-0.25, -0.2) is 0 Å². The van der Waals surface area contributed by atoms with E-state index in [9.17, 15) is 0 Å². The van der Waals surface area contributed by atoms with Crippen molar-refractivity contribution in [3.63, 3.8) is 0 Å². The molecular formula is C14H29N3. The molecule has 3 heteroatoms. The quantitative estimate of drug-likeness (QED) is 0.639. The summed E-state index contributed by atoms with van der Waals surface area (Å²) in [6.07, 6.45) is 9.42. The second-order valence-corrected chi connectivity index (χ2v) is 5.20. The van der Waals surface area contributed by atoms with Crippen LogP contribution < -0.4 is 10.6 Å². The van der Waals surface area contributed by atoms with Crippen LogP contribution in [0.1, 0.15) is 58.8 Å². The highest BCUT2D eigenvalue weighted by Crippen LogP contribution is 2.10. The molecule has 100 valence electrons. The van der Waals surface area contributed by atoms with Crippen LogP contribution in [0.2, 0.25) is 0 Å². The Morgan fingerprint density at radius 2 is 2.12 bits per heavy atom. The van der Waals surface area contributed by atoms with Crippen LogP contribution in [-0.4, -0.2) is 25.6 Å². The Bertz CT molecular complexity index is 214. The second-order valence-electron chi connectivity index (χ2n) is 5.20. The van der Waals surface area contributed by atoms with Crippen LogP contribution >= 0.6 is 0 Å². The van der Waals surface area contributed by atoms with Gasteiger partial charge in [-0.2, -0.15) is 0 Å². The van der Waals surface area contributed by atoms with Gasteiger partial charge in [0.25, 0.3) is 0 Å². The van der Waals surface area contributed by atoms with Crippen molar-refractivity contribution in [1.29, 1.82) is 0 Å². The van der Waals surface area contributed by atoms with Crippen LogP contribution in [0.3, 0.4) is 0 Å². The fourth-order valence-electron chi connectivity index (χ4n) is 2.12. The van der Waals surface area contributed by atoms with Crippen LogP contribution in [0, 0.1) is 5.92 Å². The van der Waals surface area contributed by atoms with Gasteiger partial charge in [0.1, 0.15) is 0 Å². The van der Waals surface area contributed by atoms with Gasteiger partial charge >= 0.3 is 0 Å². The van der Waals surface area contributed by atoms with Crippen LogP contribution in [0.4, 0.5) is 0 Å². The van der Waals surface area contributed by atoms with Gasteiger partial charge in [-0.05, 0) is 18.8 Å². The van der Waals surface area contributed by atoms with Crippen LogP contribution in [-0.2, 0) is 0 Å². The Labute approximate surface area is 106 Å². The average Bonchev–Trinajstić information content (AvgIpc) is 2.37. The number of aliphatic imine (C=N–C) groups is 1. The van der Waals surface area contributed by atoms with Crippen LogP contribution in [0.15, 0.2) is 4.99 Å². The average molecular weight is 239 g/mol. The fraction of sp³-hybridized carbons (Fsp3) is 0.929. The van der Waals surface area contributed by atoms with Gasteiger partial charge in [0.2, 0.25) is 0 Å². The van der Waals surface area contributed by atoms with E-state index in [1.165, 1.54) is 38.5 Å².